The van der Waals surface area contributed by atoms with Gasteiger partial charge in [0.2, 0.25) is 10.0 Å². The van der Waals surface area contributed by atoms with E-state index in [1.54, 1.807) is 0 Å². The number of halogens is 2. The summed E-state index contributed by atoms with van der Waals surface area (Å²) in [6.45, 7) is 0. The van der Waals surface area contributed by atoms with Crippen molar-refractivity contribution in [2.24, 2.45) is 12.2 Å². The van der Waals surface area contributed by atoms with Crippen molar-refractivity contribution in [3.63, 3.8) is 0 Å². The van der Waals surface area contributed by atoms with E-state index in [1.807, 2.05) is 0 Å². The van der Waals surface area contributed by atoms with Gasteiger partial charge in [0, 0.05) is 18.2 Å². The summed E-state index contributed by atoms with van der Waals surface area (Å²) in [7, 11) is -2.46. The summed E-state index contributed by atoms with van der Waals surface area (Å²) in [5.74, 6) is -1.58. The molecule has 9 heteroatoms. The Morgan fingerprint density at radius 3 is 2.00 bits per heavy atom. The molecule has 3 N–H and O–H groups in total. The van der Waals surface area contributed by atoms with Crippen molar-refractivity contribution in [2.45, 2.75) is 10.5 Å². The number of hydrogen-bond acceptors (Lipinski definition) is 4. The summed E-state index contributed by atoms with van der Waals surface area (Å²) < 4.78 is 54.4. The normalized spacial score (nSPS) is 12.4. The fourth-order valence-electron chi connectivity index (χ4n) is 3.57. The van der Waals surface area contributed by atoms with E-state index in [4.69, 9.17) is 5.14 Å². The van der Waals surface area contributed by atoms with E-state index in [1.165, 1.54) is 66.2 Å². The molecule has 0 fully saturated rings. The fraction of sp³-hybridized carbons (Fsp3) is 0.0952. The molecule has 4 aromatic rings. The summed E-state index contributed by atoms with van der Waals surface area (Å²) in [6.07, 6.45) is 0. The molecule has 0 aliphatic heterocycles. The third-order valence-corrected chi connectivity index (χ3v) is 5.94. The van der Waals surface area contributed by atoms with Gasteiger partial charge in [-0.05, 0) is 30.3 Å². The summed E-state index contributed by atoms with van der Waals surface area (Å²) >= 11 is 0. The molecule has 4 rings (SSSR count). The maximum absolute atomic E-state index is 14.8. The Hall–Kier alpha value is -3.14. The largest absolute Gasteiger partial charge is 0.373 e. The van der Waals surface area contributed by atoms with Crippen LogP contribution in [0.3, 0.4) is 0 Å². The number of benzene rings is 3. The summed E-state index contributed by atoms with van der Waals surface area (Å²) in [5.41, 5.74) is -2.03. The van der Waals surface area contributed by atoms with Crippen LogP contribution in [0.25, 0.3) is 11.0 Å². The van der Waals surface area contributed by atoms with Gasteiger partial charge < -0.3 is 9.67 Å². The van der Waals surface area contributed by atoms with Gasteiger partial charge in [-0.1, -0.05) is 36.4 Å². The van der Waals surface area contributed by atoms with Gasteiger partial charge in [0.15, 0.2) is 11.4 Å². The Bertz CT molecular complexity index is 1340. The lowest BCUT2D eigenvalue weighted by Gasteiger charge is -2.29. The minimum absolute atomic E-state index is 0.0840. The molecule has 0 saturated heterocycles. The van der Waals surface area contributed by atoms with Gasteiger partial charge in [0.1, 0.15) is 11.6 Å². The smallest absolute Gasteiger partial charge is 0.238 e. The minimum atomic E-state index is -3.98. The molecule has 1 heterocycles. The minimum Gasteiger partial charge on any atom is -0.373 e. The predicted molar refractivity (Wildman–Crippen MR) is 107 cm³/mol. The number of nitrogens with two attached hydrogens (primary N) is 1. The van der Waals surface area contributed by atoms with Crippen LogP contribution in [0, 0.1) is 11.6 Å². The third-order valence-electron chi connectivity index (χ3n) is 5.03. The van der Waals surface area contributed by atoms with E-state index in [0.29, 0.717) is 11.0 Å². The van der Waals surface area contributed by atoms with E-state index in [9.17, 15) is 22.3 Å². The molecule has 6 nitrogen and oxygen atoms in total. The molecule has 0 bridgehead atoms. The predicted octanol–water partition coefficient (Wildman–Crippen LogP) is 2.78. The molecule has 0 aliphatic carbocycles. The van der Waals surface area contributed by atoms with Crippen LogP contribution in [0.5, 0.6) is 0 Å². The summed E-state index contributed by atoms with van der Waals surface area (Å²) in [5, 5.41) is 17.0. The van der Waals surface area contributed by atoms with Crippen LogP contribution in [0.15, 0.2) is 71.6 Å². The molecule has 0 spiro atoms. The number of nitrogens with zero attached hydrogens (tertiary/aromatic N) is 2. The quantitative estimate of drug-likeness (QED) is 0.521. The Morgan fingerprint density at radius 1 is 0.967 bits per heavy atom. The second-order valence-electron chi connectivity index (χ2n) is 6.86. The highest BCUT2D eigenvalue weighted by Crippen LogP contribution is 2.39. The molecule has 0 radical (unpaired) electrons. The summed E-state index contributed by atoms with van der Waals surface area (Å²) in [6, 6.07) is 14.9. The van der Waals surface area contributed by atoms with Gasteiger partial charge in [-0.2, -0.15) is 0 Å². The standard InChI is InChI=1S/C21H17F2N3O3S/c1-26-19-12-13(30(24,28)29)10-11-18(19)25-20(26)21(27,14-6-2-4-8-16(14)22)15-7-3-5-9-17(15)23/h2-12,27H,1H3,(H2,24,28,29). The molecule has 0 aliphatic rings. The van der Waals surface area contributed by atoms with Crippen LogP contribution < -0.4 is 5.14 Å². The lowest BCUT2D eigenvalue weighted by atomic mass is 9.84. The molecule has 154 valence electrons. The molecule has 0 unspecified atom stereocenters. The van der Waals surface area contributed by atoms with Crippen molar-refractivity contribution in [1.29, 1.82) is 0 Å². The topological polar surface area (TPSA) is 98.2 Å². The highest BCUT2D eigenvalue weighted by Gasteiger charge is 2.42. The molecular weight excluding hydrogens is 412 g/mol. The van der Waals surface area contributed by atoms with E-state index < -0.39 is 27.3 Å². The SMILES string of the molecule is Cn1c(C(O)(c2ccccc2F)c2ccccc2F)nc2ccc(S(N)(=O)=O)cc21. The van der Waals surface area contributed by atoms with E-state index in [0.717, 1.165) is 12.1 Å². The van der Waals surface area contributed by atoms with E-state index in [-0.39, 0.29) is 21.8 Å². The monoisotopic (exact) mass is 429 g/mol. The Morgan fingerprint density at radius 2 is 1.50 bits per heavy atom. The number of imidazole rings is 1. The van der Waals surface area contributed by atoms with Crippen molar-refractivity contribution >= 4 is 21.1 Å². The first kappa shape index (κ1) is 20.1. The van der Waals surface area contributed by atoms with Crippen LogP contribution in [0.4, 0.5) is 8.78 Å². The maximum atomic E-state index is 14.8. The van der Waals surface area contributed by atoms with E-state index in [2.05, 4.69) is 4.98 Å². The second kappa shape index (κ2) is 6.98. The molecule has 0 atom stereocenters. The van der Waals surface area contributed by atoms with Crippen molar-refractivity contribution < 1.29 is 22.3 Å². The Kier molecular flexibility index (Phi) is 4.69. The second-order valence-corrected chi connectivity index (χ2v) is 8.42. The van der Waals surface area contributed by atoms with Crippen LogP contribution in [-0.2, 0) is 22.7 Å². The zero-order valence-corrected chi connectivity index (χ0v) is 16.6. The average Bonchev–Trinajstić information content (AvgIpc) is 3.04. The highest BCUT2D eigenvalue weighted by atomic mass is 32.2. The molecule has 3 aromatic carbocycles. The Labute approximate surface area is 171 Å². The molecule has 1 aromatic heterocycles. The molecule has 0 saturated carbocycles. The summed E-state index contributed by atoms with van der Waals surface area (Å²) in [4.78, 5) is 4.24. The highest BCUT2D eigenvalue weighted by molar-refractivity contribution is 7.89. The first-order valence-electron chi connectivity index (χ1n) is 8.86. The lowest BCUT2D eigenvalue weighted by molar-refractivity contribution is 0.104. The van der Waals surface area contributed by atoms with Crippen molar-refractivity contribution in [2.75, 3.05) is 0 Å². The van der Waals surface area contributed by atoms with Gasteiger partial charge in [0.05, 0.1) is 15.9 Å². The number of hydrogen-bond donors (Lipinski definition) is 2. The van der Waals surface area contributed by atoms with Crippen molar-refractivity contribution in [3.05, 3.63) is 95.3 Å². The number of fused-ring (bicyclic) bond motifs is 1. The van der Waals surface area contributed by atoms with Crippen molar-refractivity contribution in [1.82, 2.24) is 9.55 Å². The average molecular weight is 429 g/mol. The maximum Gasteiger partial charge on any atom is 0.238 e. The van der Waals surface area contributed by atoms with Gasteiger partial charge in [-0.3, -0.25) is 0 Å². The fourth-order valence-corrected chi connectivity index (χ4v) is 4.10. The zero-order chi connectivity index (χ0) is 21.7. The molecular formula is C21H17F2N3O3S. The number of aliphatic hydroxyl groups is 1. The number of primary sulfonamides is 1. The third kappa shape index (κ3) is 3.07. The first-order chi connectivity index (χ1) is 14.1. The van der Waals surface area contributed by atoms with Crippen LogP contribution >= 0.6 is 0 Å². The molecule has 0 amide bonds. The van der Waals surface area contributed by atoms with Gasteiger partial charge in [-0.15, -0.1) is 0 Å². The first-order valence-corrected chi connectivity index (χ1v) is 10.4. The molecule has 30 heavy (non-hydrogen) atoms. The number of sulfonamides is 1. The number of aryl methyl sites for hydroxylation is 1. The van der Waals surface area contributed by atoms with Crippen molar-refractivity contribution in [3.8, 4) is 0 Å². The lowest BCUT2D eigenvalue weighted by Crippen LogP contribution is -2.34. The van der Waals surface area contributed by atoms with Gasteiger partial charge in [-0.25, -0.2) is 27.3 Å². The number of rotatable bonds is 4. The van der Waals surface area contributed by atoms with Gasteiger partial charge in [0.25, 0.3) is 0 Å². The van der Waals surface area contributed by atoms with Crippen LogP contribution in [0.1, 0.15) is 17.0 Å². The van der Waals surface area contributed by atoms with Crippen LogP contribution in [-0.4, -0.2) is 23.1 Å². The zero-order valence-electron chi connectivity index (χ0n) is 15.8. The number of aromatic nitrogens is 2. The van der Waals surface area contributed by atoms with Crippen LogP contribution in [0.2, 0.25) is 0 Å². The Balaban J connectivity index is 2.09. The van der Waals surface area contributed by atoms with E-state index >= 15 is 0 Å². The van der Waals surface area contributed by atoms with Gasteiger partial charge >= 0.3 is 0 Å².